The molecule has 18 heavy (non-hydrogen) atoms. The topological polar surface area (TPSA) is 79.5 Å². The first kappa shape index (κ1) is 12.8. The number of carbonyl (C=O) groups is 1. The lowest BCUT2D eigenvalue weighted by Crippen LogP contribution is -2.48. The fraction of sp³-hybridized carbons (Fsp3) is 0.538. The van der Waals surface area contributed by atoms with Crippen molar-refractivity contribution in [3.8, 4) is 0 Å². The number of rotatable bonds is 3. The van der Waals surface area contributed by atoms with E-state index in [9.17, 15) is 9.90 Å². The van der Waals surface area contributed by atoms with Crippen molar-refractivity contribution in [2.75, 3.05) is 11.4 Å². The average Bonchev–Trinajstić information content (AvgIpc) is 2.39. The number of anilines is 1. The third-order valence-corrected chi connectivity index (χ3v) is 3.38. The van der Waals surface area contributed by atoms with Crippen LogP contribution in [0.2, 0.25) is 0 Å². The van der Waals surface area contributed by atoms with Gasteiger partial charge >= 0.3 is 0 Å². The lowest BCUT2D eigenvalue weighted by atomic mass is 10.0. The van der Waals surface area contributed by atoms with Gasteiger partial charge in [-0.1, -0.05) is 0 Å². The van der Waals surface area contributed by atoms with Gasteiger partial charge in [0.2, 0.25) is 5.91 Å². The molecule has 2 rings (SSSR count). The molecule has 0 radical (unpaired) electrons. The summed E-state index contributed by atoms with van der Waals surface area (Å²) < 4.78 is 0. The molecular formula is C13H19N3O2. The van der Waals surface area contributed by atoms with Gasteiger partial charge in [0.05, 0.1) is 6.10 Å². The number of piperidine rings is 1. The Balaban J connectivity index is 2.28. The molecule has 3 N–H and O–H groups in total. The summed E-state index contributed by atoms with van der Waals surface area (Å²) in [5.74, 6) is 0.413. The first-order valence-corrected chi connectivity index (χ1v) is 6.29. The molecule has 1 aliphatic heterocycles. The van der Waals surface area contributed by atoms with E-state index >= 15 is 0 Å². The minimum atomic E-state index is -0.538. The Hall–Kier alpha value is -1.62. The number of aliphatic hydroxyl groups is 1. The summed E-state index contributed by atoms with van der Waals surface area (Å²) in [5.41, 5.74) is 6.23. The van der Waals surface area contributed by atoms with Gasteiger partial charge < -0.3 is 15.7 Å². The van der Waals surface area contributed by atoms with Crippen LogP contribution in [0.4, 0.5) is 5.82 Å². The molecule has 5 nitrogen and oxygen atoms in total. The van der Waals surface area contributed by atoms with Crippen LogP contribution < -0.4 is 10.6 Å². The van der Waals surface area contributed by atoms with Crippen LogP contribution in [0.25, 0.3) is 0 Å². The summed E-state index contributed by atoms with van der Waals surface area (Å²) in [7, 11) is 0. The molecule has 1 aromatic heterocycles. The van der Waals surface area contributed by atoms with E-state index in [0.717, 1.165) is 37.2 Å². The van der Waals surface area contributed by atoms with Gasteiger partial charge in [-0.3, -0.25) is 4.79 Å². The summed E-state index contributed by atoms with van der Waals surface area (Å²) >= 11 is 0. The van der Waals surface area contributed by atoms with Crippen molar-refractivity contribution in [2.24, 2.45) is 5.73 Å². The standard InChI is InChI=1S/C13H19N3O2/c1-9(17)10-5-6-15-12(8-10)16-7-3-2-4-11(16)13(14)18/h5-6,8-9,11,17H,2-4,7H2,1H3,(H2,14,18)/t9-,11?/m0/s1. The van der Waals surface area contributed by atoms with Crippen LogP contribution in [0.3, 0.4) is 0 Å². The Morgan fingerprint density at radius 2 is 2.39 bits per heavy atom. The molecule has 0 saturated carbocycles. The summed E-state index contributed by atoms with van der Waals surface area (Å²) in [6, 6.07) is 3.32. The van der Waals surface area contributed by atoms with Gasteiger partial charge in [0.15, 0.2) is 0 Å². The molecule has 1 fully saturated rings. The van der Waals surface area contributed by atoms with Crippen LogP contribution >= 0.6 is 0 Å². The normalized spacial score (nSPS) is 21.7. The van der Waals surface area contributed by atoms with Crippen LogP contribution in [0.1, 0.15) is 37.9 Å². The molecular weight excluding hydrogens is 230 g/mol. The Kier molecular flexibility index (Phi) is 3.81. The van der Waals surface area contributed by atoms with Crippen molar-refractivity contribution < 1.29 is 9.90 Å². The van der Waals surface area contributed by atoms with Gasteiger partial charge in [0.25, 0.3) is 0 Å². The molecule has 1 amide bonds. The molecule has 2 heterocycles. The third-order valence-electron chi connectivity index (χ3n) is 3.38. The number of nitrogens with zero attached hydrogens (tertiary/aromatic N) is 2. The second kappa shape index (κ2) is 5.35. The fourth-order valence-electron chi connectivity index (χ4n) is 2.35. The van der Waals surface area contributed by atoms with Crippen molar-refractivity contribution in [1.29, 1.82) is 0 Å². The number of amides is 1. The molecule has 1 unspecified atom stereocenters. The highest BCUT2D eigenvalue weighted by atomic mass is 16.3. The predicted octanol–water partition coefficient (Wildman–Crippen LogP) is 0.979. The van der Waals surface area contributed by atoms with Crippen LogP contribution in [0, 0.1) is 0 Å². The number of pyridine rings is 1. The highest BCUT2D eigenvalue weighted by molar-refractivity contribution is 5.83. The summed E-state index contributed by atoms with van der Waals surface area (Å²) in [6.45, 7) is 2.49. The summed E-state index contributed by atoms with van der Waals surface area (Å²) in [6.07, 6.45) is 3.94. The van der Waals surface area contributed by atoms with Crippen LogP contribution in [-0.4, -0.2) is 28.6 Å². The predicted molar refractivity (Wildman–Crippen MR) is 69.1 cm³/mol. The number of primary amides is 1. The highest BCUT2D eigenvalue weighted by Gasteiger charge is 2.28. The zero-order chi connectivity index (χ0) is 13.1. The first-order valence-electron chi connectivity index (χ1n) is 6.29. The number of carbonyl (C=O) groups excluding carboxylic acids is 1. The van der Waals surface area contributed by atoms with Crippen molar-refractivity contribution in [1.82, 2.24) is 4.98 Å². The number of hydrogen-bond acceptors (Lipinski definition) is 4. The highest BCUT2D eigenvalue weighted by Crippen LogP contribution is 2.25. The first-order chi connectivity index (χ1) is 8.59. The van der Waals surface area contributed by atoms with E-state index in [4.69, 9.17) is 5.73 Å². The van der Waals surface area contributed by atoms with Gasteiger partial charge in [0.1, 0.15) is 11.9 Å². The van der Waals surface area contributed by atoms with Gasteiger partial charge in [-0.25, -0.2) is 4.98 Å². The summed E-state index contributed by atoms with van der Waals surface area (Å²) in [5, 5.41) is 9.58. The molecule has 0 spiro atoms. The fourth-order valence-corrected chi connectivity index (χ4v) is 2.35. The van der Waals surface area contributed by atoms with Gasteiger partial charge in [-0.2, -0.15) is 0 Å². The molecule has 1 saturated heterocycles. The van der Waals surface area contributed by atoms with Crippen molar-refractivity contribution >= 4 is 11.7 Å². The minimum Gasteiger partial charge on any atom is -0.389 e. The van der Waals surface area contributed by atoms with Gasteiger partial charge in [-0.05, 0) is 43.9 Å². The van der Waals surface area contributed by atoms with Gasteiger partial charge in [0, 0.05) is 12.7 Å². The Labute approximate surface area is 107 Å². The van der Waals surface area contributed by atoms with Crippen molar-refractivity contribution in [3.05, 3.63) is 23.9 Å². The maximum absolute atomic E-state index is 11.5. The lowest BCUT2D eigenvalue weighted by molar-refractivity contribution is -0.119. The third kappa shape index (κ3) is 2.61. The number of aromatic nitrogens is 1. The Morgan fingerprint density at radius 1 is 1.61 bits per heavy atom. The quantitative estimate of drug-likeness (QED) is 0.837. The molecule has 98 valence electrons. The minimum absolute atomic E-state index is 0.282. The van der Waals surface area contributed by atoms with Crippen LogP contribution in [-0.2, 0) is 4.79 Å². The lowest BCUT2D eigenvalue weighted by Gasteiger charge is -2.34. The monoisotopic (exact) mass is 249 g/mol. The maximum atomic E-state index is 11.5. The largest absolute Gasteiger partial charge is 0.389 e. The van der Waals surface area contributed by atoms with Crippen LogP contribution in [0.5, 0.6) is 0 Å². The Bertz CT molecular complexity index is 434. The van der Waals surface area contributed by atoms with Crippen LogP contribution in [0.15, 0.2) is 18.3 Å². The van der Waals surface area contributed by atoms with E-state index < -0.39 is 6.10 Å². The van der Waals surface area contributed by atoms with Crippen molar-refractivity contribution in [3.63, 3.8) is 0 Å². The zero-order valence-corrected chi connectivity index (χ0v) is 10.5. The van der Waals surface area contributed by atoms with Gasteiger partial charge in [-0.15, -0.1) is 0 Å². The second-order valence-electron chi connectivity index (χ2n) is 4.73. The molecule has 1 aromatic rings. The van der Waals surface area contributed by atoms with E-state index in [0.29, 0.717) is 0 Å². The number of aliphatic hydroxyl groups excluding tert-OH is 1. The van der Waals surface area contributed by atoms with E-state index in [1.165, 1.54) is 0 Å². The summed E-state index contributed by atoms with van der Waals surface area (Å²) in [4.78, 5) is 17.7. The zero-order valence-electron chi connectivity index (χ0n) is 10.5. The molecule has 0 bridgehead atoms. The average molecular weight is 249 g/mol. The SMILES string of the molecule is C[C@H](O)c1ccnc(N2CCCCC2C(N)=O)c1. The Morgan fingerprint density at radius 3 is 3.06 bits per heavy atom. The maximum Gasteiger partial charge on any atom is 0.240 e. The number of hydrogen-bond donors (Lipinski definition) is 2. The van der Waals surface area contributed by atoms with E-state index in [-0.39, 0.29) is 11.9 Å². The second-order valence-corrected chi connectivity index (χ2v) is 4.73. The smallest absolute Gasteiger partial charge is 0.240 e. The molecule has 1 aliphatic rings. The molecule has 0 aliphatic carbocycles. The molecule has 0 aromatic carbocycles. The molecule has 2 atom stereocenters. The van der Waals surface area contributed by atoms with Crippen molar-refractivity contribution in [2.45, 2.75) is 38.3 Å². The molecule has 5 heteroatoms. The van der Waals surface area contributed by atoms with E-state index in [1.807, 2.05) is 11.0 Å². The number of nitrogens with two attached hydrogens (primary N) is 1. The van der Waals surface area contributed by atoms with E-state index in [2.05, 4.69) is 4.98 Å². The van der Waals surface area contributed by atoms with E-state index in [1.54, 1.807) is 19.2 Å².